The smallest absolute Gasteiger partial charge is 0.318 e. The maximum atomic E-state index is 13.8. The molecule has 0 radical (unpaired) electrons. The van der Waals surface area contributed by atoms with Crippen molar-refractivity contribution >= 4 is 12.2 Å². The Balaban J connectivity index is 1.64. The maximum Gasteiger partial charge on any atom is 0.318 e. The van der Waals surface area contributed by atoms with Crippen LogP contribution in [-0.4, -0.2) is 47.5 Å². The zero-order valence-corrected chi connectivity index (χ0v) is 12.9. The quantitative estimate of drug-likeness (QED) is 0.620. The summed E-state index contributed by atoms with van der Waals surface area (Å²) in [6.45, 7) is 2.78. The van der Waals surface area contributed by atoms with Crippen molar-refractivity contribution in [3.05, 3.63) is 47.7 Å². The van der Waals surface area contributed by atoms with Crippen LogP contribution in [0.1, 0.15) is 5.56 Å². The van der Waals surface area contributed by atoms with Gasteiger partial charge in [0.1, 0.15) is 12.4 Å². The van der Waals surface area contributed by atoms with Gasteiger partial charge < -0.3 is 14.4 Å². The lowest BCUT2D eigenvalue weighted by Gasteiger charge is -2.23. The van der Waals surface area contributed by atoms with Crippen molar-refractivity contribution in [3.63, 3.8) is 0 Å². The molecule has 1 aromatic heterocycles. The normalized spacial score (nSPS) is 15.0. The van der Waals surface area contributed by atoms with Gasteiger partial charge in [-0.25, -0.2) is 18.8 Å². The lowest BCUT2D eigenvalue weighted by molar-refractivity contribution is 0.0701. The van der Waals surface area contributed by atoms with Crippen LogP contribution in [0.25, 0.3) is 0 Å². The molecule has 8 heteroatoms. The standard InChI is InChI=1S/C16H16F2N4O2/c17-13-3-1-12(2-4-13)10-24-16-19-9-14(18)15(21-16)20-11-22-5-7-23-8-6-22/h1-4,9,11H,5-8,10H2/b20-11+. The predicted octanol–water partition coefficient (Wildman–Crippen LogP) is 2.33. The Kier molecular flexibility index (Phi) is 5.27. The van der Waals surface area contributed by atoms with Crippen LogP contribution in [0.5, 0.6) is 6.01 Å². The van der Waals surface area contributed by atoms with Gasteiger partial charge in [-0.15, -0.1) is 0 Å². The zero-order valence-electron chi connectivity index (χ0n) is 12.9. The topological polar surface area (TPSA) is 59.8 Å². The van der Waals surface area contributed by atoms with E-state index in [9.17, 15) is 8.78 Å². The number of hydrogen-bond donors (Lipinski definition) is 0. The van der Waals surface area contributed by atoms with E-state index in [4.69, 9.17) is 9.47 Å². The zero-order chi connectivity index (χ0) is 16.8. The highest BCUT2D eigenvalue weighted by atomic mass is 19.1. The molecule has 0 unspecified atom stereocenters. The average Bonchev–Trinajstić information content (AvgIpc) is 2.62. The monoisotopic (exact) mass is 334 g/mol. The van der Waals surface area contributed by atoms with Gasteiger partial charge in [-0.05, 0) is 17.7 Å². The Hall–Kier alpha value is -2.61. The number of halogens is 2. The van der Waals surface area contributed by atoms with Crippen molar-refractivity contribution in [2.45, 2.75) is 6.61 Å². The average molecular weight is 334 g/mol. The van der Waals surface area contributed by atoms with E-state index in [1.54, 1.807) is 12.1 Å². The van der Waals surface area contributed by atoms with Crippen molar-refractivity contribution < 1.29 is 18.3 Å². The van der Waals surface area contributed by atoms with Crippen LogP contribution in [-0.2, 0) is 11.3 Å². The van der Waals surface area contributed by atoms with Crippen LogP contribution < -0.4 is 4.74 Å². The molecule has 3 rings (SSSR count). The Bertz CT molecular complexity index is 704. The summed E-state index contributed by atoms with van der Waals surface area (Å²) in [6, 6.07) is 5.87. The molecule has 0 saturated carbocycles. The van der Waals surface area contributed by atoms with Crippen LogP contribution in [0, 0.1) is 11.6 Å². The molecule has 24 heavy (non-hydrogen) atoms. The third-order valence-corrected chi connectivity index (χ3v) is 3.37. The van der Waals surface area contributed by atoms with Crippen molar-refractivity contribution in [2.75, 3.05) is 26.3 Å². The molecule has 0 atom stereocenters. The number of rotatable bonds is 5. The SMILES string of the molecule is Fc1ccc(COc2ncc(F)c(/N=C/N3CCOCC3)n2)cc1. The van der Waals surface area contributed by atoms with Gasteiger partial charge in [0.2, 0.25) is 0 Å². The highest BCUT2D eigenvalue weighted by Crippen LogP contribution is 2.17. The third kappa shape index (κ3) is 4.45. The minimum absolute atomic E-state index is 0.00912. The first-order chi connectivity index (χ1) is 11.7. The van der Waals surface area contributed by atoms with E-state index in [2.05, 4.69) is 15.0 Å². The summed E-state index contributed by atoms with van der Waals surface area (Å²) in [4.78, 5) is 13.7. The minimum Gasteiger partial charge on any atom is -0.459 e. The second-order valence-corrected chi connectivity index (χ2v) is 5.13. The Morgan fingerprint density at radius 2 is 1.96 bits per heavy atom. The molecule has 1 aromatic carbocycles. The number of aromatic nitrogens is 2. The van der Waals surface area contributed by atoms with Crippen molar-refractivity contribution in [2.24, 2.45) is 4.99 Å². The number of ether oxygens (including phenoxy) is 2. The molecular formula is C16H16F2N4O2. The van der Waals surface area contributed by atoms with E-state index in [-0.39, 0.29) is 24.3 Å². The van der Waals surface area contributed by atoms with Gasteiger partial charge in [0, 0.05) is 13.1 Å². The number of morpholine rings is 1. The van der Waals surface area contributed by atoms with Gasteiger partial charge in [0.05, 0.1) is 25.7 Å². The maximum absolute atomic E-state index is 13.8. The van der Waals surface area contributed by atoms with Crippen LogP contribution in [0.2, 0.25) is 0 Å². The molecule has 2 heterocycles. The molecule has 1 aliphatic rings. The van der Waals surface area contributed by atoms with Gasteiger partial charge >= 0.3 is 6.01 Å². The first-order valence-electron chi connectivity index (χ1n) is 7.46. The van der Waals surface area contributed by atoms with Crippen LogP contribution in [0.3, 0.4) is 0 Å². The molecule has 0 aliphatic carbocycles. The second-order valence-electron chi connectivity index (χ2n) is 5.13. The summed E-state index contributed by atoms with van der Waals surface area (Å²) < 4.78 is 37.2. The molecule has 2 aromatic rings. The van der Waals surface area contributed by atoms with Gasteiger partial charge in [-0.3, -0.25) is 0 Å². The Morgan fingerprint density at radius 1 is 1.21 bits per heavy atom. The molecule has 0 spiro atoms. The molecule has 126 valence electrons. The second kappa shape index (κ2) is 7.78. The number of hydrogen-bond acceptors (Lipinski definition) is 5. The third-order valence-electron chi connectivity index (χ3n) is 3.37. The van der Waals surface area contributed by atoms with E-state index in [0.29, 0.717) is 26.3 Å². The molecule has 1 fully saturated rings. The first kappa shape index (κ1) is 16.3. The van der Waals surface area contributed by atoms with E-state index in [0.717, 1.165) is 11.8 Å². The van der Waals surface area contributed by atoms with Gasteiger partial charge in [-0.1, -0.05) is 12.1 Å². The summed E-state index contributed by atoms with van der Waals surface area (Å²) in [5.41, 5.74) is 0.752. The molecule has 0 amide bonds. The van der Waals surface area contributed by atoms with E-state index >= 15 is 0 Å². The minimum atomic E-state index is -0.631. The largest absolute Gasteiger partial charge is 0.459 e. The van der Waals surface area contributed by atoms with Gasteiger partial charge in [-0.2, -0.15) is 4.98 Å². The molecule has 0 N–H and O–H groups in total. The fraction of sp³-hybridized carbons (Fsp3) is 0.312. The summed E-state index contributed by atoms with van der Waals surface area (Å²) >= 11 is 0. The van der Waals surface area contributed by atoms with Crippen molar-refractivity contribution in [1.82, 2.24) is 14.9 Å². The van der Waals surface area contributed by atoms with Crippen LogP contribution in [0.15, 0.2) is 35.5 Å². The Morgan fingerprint density at radius 3 is 2.71 bits per heavy atom. The predicted molar refractivity (Wildman–Crippen MR) is 83.3 cm³/mol. The molecular weight excluding hydrogens is 318 g/mol. The van der Waals surface area contributed by atoms with E-state index < -0.39 is 5.82 Å². The van der Waals surface area contributed by atoms with Crippen molar-refractivity contribution in [1.29, 1.82) is 0 Å². The van der Waals surface area contributed by atoms with E-state index in [1.165, 1.54) is 18.5 Å². The highest BCUT2D eigenvalue weighted by molar-refractivity contribution is 5.60. The van der Waals surface area contributed by atoms with Crippen LogP contribution >= 0.6 is 0 Å². The number of nitrogens with zero attached hydrogens (tertiary/aromatic N) is 4. The molecule has 1 saturated heterocycles. The van der Waals surface area contributed by atoms with Crippen molar-refractivity contribution in [3.8, 4) is 6.01 Å². The van der Waals surface area contributed by atoms with Crippen LogP contribution in [0.4, 0.5) is 14.6 Å². The summed E-state index contributed by atoms with van der Waals surface area (Å²) in [5, 5.41) is 0. The Labute approximate surface area is 137 Å². The van der Waals surface area contributed by atoms with Gasteiger partial charge in [0.15, 0.2) is 11.6 Å². The van der Waals surface area contributed by atoms with Gasteiger partial charge in [0.25, 0.3) is 0 Å². The van der Waals surface area contributed by atoms with E-state index in [1.807, 2.05) is 4.90 Å². The fourth-order valence-corrected chi connectivity index (χ4v) is 2.06. The highest BCUT2D eigenvalue weighted by Gasteiger charge is 2.09. The fourth-order valence-electron chi connectivity index (χ4n) is 2.06. The lowest BCUT2D eigenvalue weighted by Crippen LogP contribution is -2.35. The summed E-state index contributed by atoms with van der Waals surface area (Å²) in [7, 11) is 0. The molecule has 0 bridgehead atoms. The molecule has 6 nitrogen and oxygen atoms in total. The summed E-state index contributed by atoms with van der Waals surface area (Å²) in [6.07, 6.45) is 2.55. The molecule has 1 aliphatic heterocycles. The number of aliphatic imine (C=N–C) groups is 1. The summed E-state index contributed by atoms with van der Waals surface area (Å²) in [5.74, 6) is -1.05. The lowest BCUT2D eigenvalue weighted by atomic mass is 10.2. The first-order valence-corrected chi connectivity index (χ1v) is 7.46. The number of benzene rings is 1.